The van der Waals surface area contributed by atoms with E-state index in [0.29, 0.717) is 10.7 Å². The van der Waals surface area contributed by atoms with Crippen molar-refractivity contribution in [2.75, 3.05) is 0 Å². The lowest BCUT2D eigenvalue weighted by molar-refractivity contribution is 0.964. The number of nitrogens with one attached hydrogen (secondary N) is 1. The third kappa shape index (κ3) is 2.44. The van der Waals surface area contributed by atoms with Gasteiger partial charge in [0.1, 0.15) is 5.65 Å². The topological polar surface area (TPSA) is 81.4 Å². The van der Waals surface area contributed by atoms with Crippen LogP contribution >= 0.6 is 11.6 Å². The SMILES string of the molecule is NN/C=C(\N)c1c(-c2ccc(Cl)cc2)nc2ccccn12. The maximum Gasteiger partial charge on any atom is 0.137 e. The lowest BCUT2D eigenvalue weighted by Gasteiger charge is -2.06. The molecule has 6 heteroatoms. The number of hydrogen-bond acceptors (Lipinski definition) is 4. The molecule has 2 heterocycles. The molecule has 5 N–H and O–H groups in total. The molecule has 0 fully saturated rings. The van der Waals surface area contributed by atoms with Crippen LogP contribution in [0.5, 0.6) is 0 Å². The third-order valence-electron chi connectivity index (χ3n) is 3.16. The van der Waals surface area contributed by atoms with Crippen molar-refractivity contribution in [3.05, 3.63) is 65.6 Å². The summed E-state index contributed by atoms with van der Waals surface area (Å²) in [5.41, 5.74) is 12.4. The Kier molecular flexibility index (Phi) is 3.51. The van der Waals surface area contributed by atoms with Crippen LogP contribution in [0.4, 0.5) is 0 Å². The number of pyridine rings is 1. The summed E-state index contributed by atoms with van der Waals surface area (Å²) in [4.78, 5) is 4.65. The summed E-state index contributed by atoms with van der Waals surface area (Å²) in [5.74, 6) is 5.33. The van der Waals surface area contributed by atoms with Crippen molar-refractivity contribution in [1.82, 2.24) is 14.8 Å². The van der Waals surface area contributed by atoms with E-state index < -0.39 is 0 Å². The highest BCUT2D eigenvalue weighted by molar-refractivity contribution is 6.30. The van der Waals surface area contributed by atoms with E-state index >= 15 is 0 Å². The van der Waals surface area contributed by atoms with Crippen molar-refractivity contribution < 1.29 is 0 Å². The summed E-state index contributed by atoms with van der Waals surface area (Å²) in [6, 6.07) is 13.3. The van der Waals surface area contributed by atoms with Crippen LogP contribution in [0, 0.1) is 0 Å². The Morgan fingerprint density at radius 1 is 1.19 bits per heavy atom. The van der Waals surface area contributed by atoms with Crippen LogP contribution in [0.25, 0.3) is 22.6 Å². The van der Waals surface area contributed by atoms with Crippen LogP contribution in [0.1, 0.15) is 5.69 Å². The minimum Gasteiger partial charge on any atom is -0.396 e. The number of rotatable bonds is 3. The van der Waals surface area contributed by atoms with E-state index in [-0.39, 0.29) is 0 Å². The molecule has 0 atom stereocenters. The molecule has 0 aliphatic rings. The van der Waals surface area contributed by atoms with Gasteiger partial charge in [-0.05, 0) is 24.3 Å². The summed E-state index contributed by atoms with van der Waals surface area (Å²) in [6.45, 7) is 0. The standard InChI is InChI=1S/C15H14ClN5/c16-11-6-4-10(5-7-11)14-15(12(17)9-19-18)21-8-2-1-3-13(21)20-14/h1-9,19H,17-18H2/b12-9-. The fraction of sp³-hybridized carbons (Fsp3) is 0. The number of nitrogens with zero attached hydrogens (tertiary/aromatic N) is 2. The Balaban J connectivity index is 2.28. The zero-order valence-corrected chi connectivity index (χ0v) is 11.9. The first-order valence-electron chi connectivity index (χ1n) is 6.36. The van der Waals surface area contributed by atoms with E-state index in [2.05, 4.69) is 10.4 Å². The number of nitrogens with two attached hydrogens (primary N) is 2. The molecule has 21 heavy (non-hydrogen) atoms. The average molecular weight is 300 g/mol. The molecule has 2 aromatic heterocycles. The first kappa shape index (κ1) is 13.5. The van der Waals surface area contributed by atoms with Crippen LogP contribution in [-0.4, -0.2) is 9.38 Å². The molecule has 0 bridgehead atoms. The molecular formula is C15H14ClN5. The molecule has 106 valence electrons. The monoisotopic (exact) mass is 299 g/mol. The Morgan fingerprint density at radius 2 is 1.95 bits per heavy atom. The molecule has 0 saturated heterocycles. The smallest absolute Gasteiger partial charge is 0.137 e. The van der Waals surface area contributed by atoms with Crippen molar-refractivity contribution in [1.29, 1.82) is 0 Å². The molecule has 3 rings (SSSR count). The predicted octanol–water partition coefficient (Wildman–Crippen LogP) is 2.38. The summed E-state index contributed by atoms with van der Waals surface area (Å²) < 4.78 is 1.92. The van der Waals surface area contributed by atoms with Crippen molar-refractivity contribution >= 4 is 22.9 Å². The maximum atomic E-state index is 6.12. The third-order valence-corrected chi connectivity index (χ3v) is 3.41. The van der Waals surface area contributed by atoms with Crippen LogP contribution in [0.15, 0.2) is 54.9 Å². The Hall–Kier alpha value is -2.50. The fourth-order valence-electron chi connectivity index (χ4n) is 2.24. The summed E-state index contributed by atoms with van der Waals surface area (Å²) in [5, 5.41) is 0.677. The van der Waals surface area contributed by atoms with Gasteiger partial charge in [0.05, 0.1) is 17.1 Å². The summed E-state index contributed by atoms with van der Waals surface area (Å²) in [6.07, 6.45) is 3.45. The van der Waals surface area contributed by atoms with E-state index in [4.69, 9.17) is 23.2 Å². The molecule has 0 radical (unpaired) electrons. The minimum absolute atomic E-state index is 0.501. The lowest BCUT2D eigenvalue weighted by atomic mass is 10.1. The second kappa shape index (κ2) is 5.47. The van der Waals surface area contributed by atoms with Gasteiger partial charge in [0.15, 0.2) is 0 Å². The first-order chi connectivity index (χ1) is 10.2. The van der Waals surface area contributed by atoms with Gasteiger partial charge in [-0.3, -0.25) is 10.2 Å². The predicted molar refractivity (Wildman–Crippen MR) is 85.1 cm³/mol. The normalized spacial score (nSPS) is 11.8. The van der Waals surface area contributed by atoms with Crippen molar-refractivity contribution in [2.24, 2.45) is 11.6 Å². The van der Waals surface area contributed by atoms with Crippen LogP contribution < -0.4 is 17.0 Å². The highest BCUT2D eigenvalue weighted by Crippen LogP contribution is 2.28. The number of benzene rings is 1. The quantitative estimate of drug-likeness (QED) is 0.512. The van der Waals surface area contributed by atoms with Crippen molar-refractivity contribution in [3.63, 3.8) is 0 Å². The van der Waals surface area contributed by atoms with Gasteiger partial charge in [-0.1, -0.05) is 29.8 Å². The van der Waals surface area contributed by atoms with E-state index in [1.54, 1.807) is 0 Å². The molecular weight excluding hydrogens is 286 g/mol. The number of hydrogen-bond donors (Lipinski definition) is 3. The molecule has 0 unspecified atom stereocenters. The van der Waals surface area contributed by atoms with Gasteiger partial charge in [0.2, 0.25) is 0 Å². The second-order valence-corrected chi connectivity index (χ2v) is 4.95. The molecule has 5 nitrogen and oxygen atoms in total. The fourth-order valence-corrected chi connectivity index (χ4v) is 2.36. The van der Waals surface area contributed by atoms with Gasteiger partial charge >= 0.3 is 0 Å². The molecule has 0 aliphatic heterocycles. The maximum absolute atomic E-state index is 6.12. The number of imidazole rings is 1. The minimum atomic E-state index is 0.501. The average Bonchev–Trinajstić information content (AvgIpc) is 2.87. The van der Waals surface area contributed by atoms with Crippen molar-refractivity contribution in [3.8, 4) is 11.3 Å². The Morgan fingerprint density at radius 3 is 2.67 bits per heavy atom. The molecule has 1 aromatic carbocycles. The van der Waals surface area contributed by atoms with Gasteiger partial charge in [-0.15, -0.1) is 0 Å². The number of hydrazine groups is 1. The Bertz CT molecular complexity index is 805. The van der Waals surface area contributed by atoms with Gasteiger partial charge in [-0.25, -0.2) is 4.98 Å². The zero-order valence-electron chi connectivity index (χ0n) is 11.1. The second-order valence-electron chi connectivity index (χ2n) is 4.51. The lowest BCUT2D eigenvalue weighted by Crippen LogP contribution is -2.16. The van der Waals surface area contributed by atoms with E-state index in [1.165, 1.54) is 6.20 Å². The summed E-state index contributed by atoms with van der Waals surface area (Å²) >= 11 is 5.94. The molecule has 0 spiro atoms. The molecule has 3 aromatic rings. The van der Waals surface area contributed by atoms with Crippen molar-refractivity contribution in [2.45, 2.75) is 0 Å². The number of aromatic nitrogens is 2. The Labute approximate surface area is 126 Å². The van der Waals surface area contributed by atoms with Crippen LogP contribution in [0.2, 0.25) is 5.02 Å². The highest BCUT2D eigenvalue weighted by Gasteiger charge is 2.15. The van der Waals surface area contributed by atoms with Gasteiger partial charge in [0, 0.05) is 23.0 Å². The first-order valence-corrected chi connectivity index (χ1v) is 6.73. The van der Waals surface area contributed by atoms with E-state index in [9.17, 15) is 0 Å². The van der Waals surface area contributed by atoms with Crippen LogP contribution in [-0.2, 0) is 0 Å². The number of halogens is 1. The molecule has 0 saturated carbocycles. The highest BCUT2D eigenvalue weighted by atomic mass is 35.5. The molecule has 0 aliphatic carbocycles. The van der Waals surface area contributed by atoms with Gasteiger partial charge in [0.25, 0.3) is 0 Å². The zero-order chi connectivity index (χ0) is 14.8. The van der Waals surface area contributed by atoms with E-state index in [1.807, 2.05) is 53.1 Å². The van der Waals surface area contributed by atoms with Crippen LogP contribution in [0.3, 0.4) is 0 Å². The molecule has 0 amide bonds. The van der Waals surface area contributed by atoms with Gasteiger partial charge < -0.3 is 11.2 Å². The van der Waals surface area contributed by atoms with E-state index in [0.717, 1.165) is 22.6 Å². The largest absolute Gasteiger partial charge is 0.396 e. The van der Waals surface area contributed by atoms with Gasteiger partial charge in [-0.2, -0.15) is 0 Å². The number of fused-ring (bicyclic) bond motifs is 1. The summed E-state index contributed by atoms with van der Waals surface area (Å²) in [7, 11) is 0.